The fourth-order valence-corrected chi connectivity index (χ4v) is 2.54. The number of hydrogen-bond acceptors (Lipinski definition) is 7. The first-order valence-corrected chi connectivity index (χ1v) is 8.90. The highest BCUT2D eigenvalue weighted by Gasteiger charge is 2.24. The molecule has 2 aromatic rings. The fourth-order valence-electron chi connectivity index (χ4n) is 2.54. The molecule has 0 saturated carbocycles. The standard InChI is InChI=1S/C21H26O7/c1-6-7-27-20(25)12-8-15(22)19(24)16(9-12)28-17-11-13(26-5)10-14(18(17)23)21(2,3)4/h8-11,22-24H,6-7H2,1-5H3. The van der Waals surface area contributed by atoms with Gasteiger partial charge in [-0.25, -0.2) is 4.79 Å². The van der Waals surface area contributed by atoms with E-state index in [1.54, 1.807) is 6.07 Å². The molecule has 0 unspecified atom stereocenters. The predicted molar refractivity (Wildman–Crippen MR) is 104 cm³/mol. The molecule has 0 aromatic heterocycles. The van der Waals surface area contributed by atoms with Crippen molar-refractivity contribution < 1.29 is 34.3 Å². The van der Waals surface area contributed by atoms with E-state index in [0.717, 1.165) is 6.07 Å². The summed E-state index contributed by atoms with van der Waals surface area (Å²) in [6, 6.07) is 5.47. The molecular weight excluding hydrogens is 364 g/mol. The highest BCUT2D eigenvalue weighted by molar-refractivity contribution is 5.91. The maximum atomic E-state index is 12.1. The predicted octanol–water partition coefficient (Wildman–Crippen LogP) is 4.47. The summed E-state index contributed by atoms with van der Waals surface area (Å²) in [6.07, 6.45) is 0.645. The van der Waals surface area contributed by atoms with Gasteiger partial charge in [0.1, 0.15) is 5.75 Å². The van der Waals surface area contributed by atoms with Gasteiger partial charge in [0.15, 0.2) is 23.0 Å². The summed E-state index contributed by atoms with van der Waals surface area (Å²) in [5, 5.41) is 30.8. The van der Waals surface area contributed by atoms with Crippen LogP contribution in [0.25, 0.3) is 0 Å². The van der Waals surface area contributed by atoms with Gasteiger partial charge < -0.3 is 29.5 Å². The number of rotatable bonds is 6. The molecule has 2 rings (SSSR count). The molecule has 0 bridgehead atoms. The van der Waals surface area contributed by atoms with Crippen molar-refractivity contribution >= 4 is 5.97 Å². The minimum atomic E-state index is -0.660. The minimum absolute atomic E-state index is 0.0113. The number of phenolic OH excluding ortho intramolecular Hbond substituents is 3. The van der Waals surface area contributed by atoms with Crippen LogP contribution >= 0.6 is 0 Å². The Bertz CT molecular complexity index is 866. The van der Waals surface area contributed by atoms with Gasteiger partial charge in [0, 0.05) is 11.6 Å². The van der Waals surface area contributed by atoms with Crippen LogP contribution in [0.5, 0.6) is 34.5 Å². The number of phenols is 3. The molecule has 0 radical (unpaired) electrons. The van der Waals surface area contributed by atoms with E-state index in [2.05, 4.69) is 0 Å². The Kier molecular flexibility index (Phi) is 6.28. The summed E-state index contributed by atoms with van der Waals surface area (Å²) in [5.41, 5.74) is 0.174. The van der Waals surface area contributed by atoms with Gasteiger partial charge in [-0.1, -0.05) is 27.7 Å². The van der Waals surface area contributed by atoms with Crippen molar-refractivity contribution in [3.8, 4) is 34.5 Å². The number of benzene rings is 2. The third kappa shape index (κ3) is 4.60. The van der Waals surface area contributed by atoms with Crippen LogP contribution < -0.4 is 9.47 Å². The van der Waals surface area contributed by atoms with E-state index < -0.39 is 22.9 Å². The summed E-state index contributed by atoms with van der Waals surface area (Å²) >= 11 is 0. The Balaban J connectivity index is 2.50. The molecule has 7 nitrogen and oxygen atoms in total. The molecule has 3 N–H and O–H groups in total. The van der Waals surface area contributed by atoms with Crippen molar-refractivity contribution in [2.45, 2.75) is 39.5 Å². The third-order valence-electron chi connectivity index (χ3n) is 4.04. The molecule has 28 heavy (non-hydrogen) atoms. The molecule has 152 valence electrons. The average molecular weight is 390 g/mol. The van der Waals surface area contributed by atoms with Crippen molar-refractivity contribution in [3.63, 3.8) is 0 Å². The van der Waals surface area contributed by atoms with E-state index >= 15 is 0 Å². The van der Waals surface area contributed by atoms with Gasteiger partial charge in [0.05, 0.1) is 19.3 Å². The monoisotopic (exact) mass is 390 g/mol. The van der Waals surface area contributed by atoms with Gasteiger partial charge >= 0.3 is 5.97 Å². The Labute approximate surface area is 164 Å². The van der Waals surface area contributed by atoms with Crippen LogP contribution in [-0.2, 0) is 10.2 Å². The minimum Gasteiger partial charge on any atom is -0.504 e. The van der Waals surface area contributed by atoms with Gasteiger partial charge in [0.25, 0.3) is 0 Å². The van der Waals surface area contributed by atoms with Crippen LogP contribution in [0.2, 0.25) is 0 Å². The quantitative estimate of drug-likeness (QED) is 0.494. The van der Waals surface area contributed by atoms with Gasteiger partial charge in [-0.05, 0) is 30.0 Å². The second-order valence-corrected chi connectivity index (χ2v) is 7.35. The number of methoxy groups -OCH3 is 1. The largest absolute Gasteiger partial charge is 0.504 e. The lowest BCUT2D eigenvalue weighted by Crippen LogP contribution is -2.12. The molecule has 0 atom stereocenters. The summed E-state index contributed by atoms with van der Waals surface area (Å²) in [6.45, 7) is 7.83. The summed E-state index contributed by atoms with van der Waals surface area (Å²) in [5.74, 6) is -1.64. The van der Waals surface area contributed by atoms with E-state index in [0.29, 0.717) is 17.7 Å². The van der Waals surface area contributed by atoms with E-state index in [1.807, 2.05) is 27.7 Å². The first-order valence-electron chi connectivity index (χ1n) is 8.90. The molecule has 0 saturated heterocycles. The zero-order chi connectivity index (χ0) is 21.1. The van der Waals surface area contributed by atoms with Crippen LogP contribution in [0.1, 0.15) is 50.0 Å². The van der Waals surface area contributed by atoms with Gasteiger partial charge in [-0.15, -0.1) is 0 Å². The molecule has 0 aliphatic carbocycles. The maximum Gasteiger partial charge on any atom is 0.338 e. The Morgan fingerprint density at radius 1 is 1.00 bits per heavy atom. The number of carbonyl (C=O) groups is 1. The second kappa shape index (κ2) is 8.29. The molecule has 0 aliphatic rings. The Morgan fingerprint density at radius 2 is 1.64 bits per heavy atom. The zero-order valence-electron chi connectivity index (χ0n) is 16.7. The number of aromatic hydroxyl groups is 3. The molecule has 2 aromatic carbocycles. The van der Waals surface area contributed by atoms with Crippen molar-refractivity contribution in [1.82, 2.24) is 0 Å². The van der Waals surface area contributed by atoms with E-state index in [-0.39, 0.29) is 29.4 Å². The van der Waals surface area contributed by atoms with Crippen LogP contribution in [0.3, 0.4) is 0 Å². The third-order valence-corrected chi connectivity index (χ3v) is 4.04. The van der Waals surface area contributed by atoms with Crippen LogP contribution in [0.15, 0.2) is 24.3 Å². The molecular formula is C21H26O7. The van der Waals surface area contributed by atoms with E-state index in [1.165, 1.54) is 19.2 Å². The first-order chi connectivity index (χ1) is 13.1. The van der Waals surface area contributed by atoms with E-state index in [4.69, 9.17) is 14.2 Å². The molecule has 7 heteroatoms. The molecule has 0 heterocycles. The number of esters is 1. The number of carbonyl (C=O) groups excluding carboxylic acids is 1. The molecule has 0 amide bonds. The maximum absolute atomic E-state index is 12.1. The molecule has 0 fully saturated rings. The smallest absolute Gasteiger partial charge is 0.338 e. The lowest BCUT2D eigenvalue weighted by molar-refractivity contribution is 0.0504. The second-order valence-electron chi connectivity index (χ2n) is 7.35. The zero-order valence-corrected chi connectivity index (χ0v) is 16.7. The van der Waals surface area contributed by atoms with Crippen LogP contribution in [0.4, 0.5) is 0 Å². The van der Waals surface area contributed by atoms with Crippen LogP contribution in [-0.4, -0.2) is 35.0 Å². The van der Waals surface area contributed by atoms with Gasteiger partial charge in [-0.2, -0.15) is 0 Å². The van der Waals surface area contributed by atoms with Crippen molar-refractivity contribution in [1.29, 1.82) is 0 Å². The lowest BCUT2D eigenvalue weighted by Gasteiger charge is -2.23. The molecule has 0 spiro atoms. The number of hydrogen-bond donors (Lipinski definition) is 3. The van der Waals surface area contributed by atoms with Crippen molar-refractivity contribution in [2.24, 2.45) is 0 Å². The Hall–Kier alpha value is -3.09. The normalized spacial score (nSPS) is 11.2. The van der Waals surface area contributed by atoms with Crippen LogP contribution in [0, 0.1) is 0 Å². The summed E-state index contributed by atoms with van der Waals surface area (Å²) in [7, 11) is 1.48. The first kappa shape index (κ1) is 21.2. The number of ether oxygens (including phenoxy) is 3. The topological polar surface area (TPSA) is 105 Å². The lowest BCUT2D eigenvalue weighted by atomic mass is 9.86. The summed E-state index contributed by atoms with van der Waals surface area (Å²) < 4.78 is 16.0. The van der Waals surface area contributed by atoms with Gasteiger partial charge in [-0.3, -0.25) is 0 Å². The highest BCUT2D eigenvalue weighted by Crippen LogP contribution is 2.46. The van der Waals surface area contributed by atoms with E-state index in [9.17, 15) is 20.1 Å². The highest BCUT2D eigenvalue weighted by atomic mass is 16.5. The Morgan fingerprint density at radius 3 is 2.21 bits per heavy atom. The summed E-state index contributed by atoms with van der Waals surface area (Å²) in [4.78, 5) is 12.1. The average Bonchev–Trinajstić information content (AvgIpc) is 2.63. The van der Waals surface area contributed by atoms with Crippen molar-refractivity contribution in [3.05, 3.63) is 35.4 Å². The van der Waals surface area contributed by atoms with Gasteiger partial charge in [0.2, 0.25) is 5.75 Å². The van der Waals surface area contributed by atoms with Crippen molar-refractivity contribution in [2.75, 3.05) is 13.7 Å². The SMILES string of the molecule is CCCOC(=O)c1cc(O)c(O)c(Oc2cc(OC)cc(C(C)(C)C)c2O)c1. The fraction of sp³-hybridized carbons (Fsp3) is 0.381. The molecule has 0 aliphatic heterocycles.